The van der Waals surface area contributed by atoms with Crippen LogP contribution in [0.2, 0.25) is 0 Å². The highest BCUT2D eigenvalue weighted by atomic mass is 16.5. The number of rotatable bonds is 17. The molecule has 0 aliphatic carbocycles. The van der Waals surface area contributed by atoms with Gasteiger partial charge >= 0.3 is 17.9 Å². The molecule has 0 saturated heterocycles. The van der Waals surface area contributed by atoms with E-state index in [-0.39, 0.29) is 44.2 Å². The SMILES string of the molecule is CCOC(=O)CCCCCCC(C(=O)OCC)C(=O)C(CCC(C)=O)C(=O)OCC. The highest BCUT2D eigenvalue weighted by Gasteiger charge is 2.37. The highest BCUT2D eigenvalue weighted by molar-refractivity contribution is 6.08. The molecule has 0 radical (unpaired) electrons. The Morgan fingerprint density at radius 1 is 0.633 bits per heavy atom. The van der Waals surface area contributed by atoms with Crippen LogP contribution in [0.5, 0.6) is 0 Å². The van der Waals surface area contributed by atoms with Crippen LogP contribution in [0.15, 0.2) is 0 Å². The van der Waals surface area contributed by atoms with Crippen molar-refractivity contribution in [3.8, 4) is 0 Å². The van der Waals surface area contributed by atoms with Gasteiger partial charge in [0.2, 0.25) is 0 Å². The second-order valence-electron chi connectivity index (χ2n) is 7.01. The number of hydrogen-bond acceptors (Lipinski definition) is 8. The van der Waals surface area contributed by atoms with Gasteiger partial charge in [-0.2, -0.15) is 0 Å². The Bertz CT molecular complexity index is 569. The Morgan fingerprint density at radius 3 is 1.63 bits per heavy atom. The van der Waals surface area contributed by atoms with E-state index in [0.717, 1.165) is 12.8 Å². The van der Waals surface area contributed by atoms with Gasteiger partial charge in [0, 0.05) is 12.8 Å². The molecule has 0 amide bonds. The van der Waals surface area contributed by atoms with Crippen LogP contribution in [0.1, 0.15) is 79.1 Å². The first kappa shape index (κ1) is 27.8. The van der Waals surface area contributed by atoms with Gasteiger partial charge in [0.1, 0.15) is 17.6 Å². The number of esters is 3. The molecule has 8 heteroatoms. The van der Waals surface area contributed by atoms with E-state index in [1.54, 1.807) is 20.8 Å². The minimum atomic E-state index is -1.16. The molecule has 0 N–H and O–H groups in total. The third kappa shape index (κ3) is 11.7. The quantitative estimate of drug-likeness (QED) is 0.150. The first-order chi connectivity index (χ1) is 14.3. The molecule has 0 aromatic rings. The molecule has 8 nitrogen and oxygen atoms in total. The molecule has 0 aromatic carbocycles. The van der Waals surface area contributed by atoms with E-state index in [0.29, 0.717) is 25.9 Å². The van der Waals surface area contributed by atoms with E-state index in [2.05, 4.69) is 0 Å². The standard InChI is InChI=1S/C22H36O8/c1-5-28-19(24)13-11-9-8-10-12-17(21(26)29-6-2)20(25)18(15-14-16(4)23)22(27)30-7-3/h17-18H,5-15H2,1-4H3. The van der Waals surface area contributed by atoms with Gasteiger partial charge < -0.3 is 19.0 Å². The van der Waals surface area contributed by atoms with Crippen LogP contribution in [0.4, 0.5) is 0 Å². The topological polar surface area (TPSA) is 113 Å². The average Bonchev–Trinajstić information content (AvgIpc) is 2.67. The lowest BCUT2D eigenvalue weighted by atomic mass is 9.85. The first-order valence-electron chi connectivity index (χ1n) is 10.8. The molecule has 172 valence electrons. The third-order valence-corrected chi connectivity index (χ3v) is 4.54. The third-order valence-electron chi connectivity index (χ3n) is 4.54. The van der Waals surface area contributed by atoms with Crippen LogP contribution < -0.4 is 0 Å². The largest absolute Gasteiger partial charge is 0.466 e. The summed E-state index contributed by atoms with van der Waals surface area (Å²) in [6.07, 6.45) is 3.37. The summed E-state index contributed by atoms with van der Waals surface area (Å²) in [7, 11) is 0. The van der Waals surface area contributed by atoms with Crippen molar-refractivity contribution in [3.05, 3.63) is 0 Å². The molecular weight excluding hydrogens is 392 g/mol. The zero-order valence-corrected chi connectivity index (χ0v) is 18.7. The minimum absolute atomic E-state index is 0.0163. The van der Waals surface area contributed by atoms with Crippen molar-refractivity contribution >= 4 is 29.5 Å². The average molecular weight is 429 g/mol. The Kier molecular flexibility index (Phi) is 15.3. The number of hydrogen-bond donors (Lipinski definition) is 0. The molecule has 0 bridgehead atoms. The van der Waals surface area contributed by atoms with Crippen molar-refractivity contribution in [1.82, 2.24) is 0 Å². The van der Waals surface area contributed by atoms with Crippen LogP contribution in [-0.2, 0) is 38.2 Å². The van der Waals surface area contributed by atoms with E-state index < -0.39 is 29.6 Å². The summed E-state index contributed by atoms with van der Waals surface area (Å²) in [5, 5.41) is 0. The molecule has 0 aliphatic heterocycles. The van der Waals surface area contributed by atoms with Crippen molar-refractivity contribution in [2.45, 2.75) is 79.1 Å². The molecule has 0 aromatic heterocycles. The van der Waals surface area contributed by atoms with Crippen LogP contribution in [0.3, 0.4) is 0 Å². The number of ketones is 2. The first-order valence-corrected chi connectivity index (χ1v) is 10.8. The Balaban J connectivity index is 4.94. The maximum atomic E-state index is 13.0. The smallest absolute Gasteiger partial charge is 0.316 e. The molecule has 0 rings (SSSR count). The molecule has 0 heterocycles. The molecule has 0 saturated carbocycles. The van der Waals surface area contributed by atoms with Gasteiger partial charge in [-0.15, -0.1) is 0 Å². The maximum absolute atomic E-state index is 13.0. The van der Waals surface area contributed by atoms with Gasteiger partial charge in [0.05, 0.1) is 19.8 Å². The van der Waals surface area contributed by atoms with Gasteiger partial charge in [0.25, 0.3) is 0 Å². The van der Waals surface area contributed by atoms with Crippen LogP contribution in [-0.4, -0.2) is 49.3 Å². The number of carbonyl (C=O) groups excluding carboxylic acids is 5. The molecular formula is C22H36O8. The Morgan fingerprint density at radius 2 is 1.13 bits per heavy atom. The fourth-order valence-corrected chi connectivity index (χ4v) is 3.03. The molecule has 0 spiro atoms. The number of unbranched alkanes of at least 4 members (excludes halogenated alkanes) is 3. The molecule has 2 atom stereocenters. The van der Waals surface area contributed by atoms with E-state index in [9.17, 15) is 24.0 Å². The van der Waals surface area contributed by atoms with Gasteiger partial charge in [0.15, 0.2) is 5.78 Å². The van der Waals surface area contributed by atoms with E-state index in [1.165, 1.54) is 6.92 Å². The summed E-state index contributed by atoms with van der Waals surface area (Å²) < 4.78 is 14.9. The summed E-state index contributed by atoms with van der Waals surface area (Å²) >= 11 is 0. The number of Topliss-reactive ketones (excluding diaryl/α,β-unsaturated/α-hetero) is 2. The Labute approximate surface area is 179 Å². The van der Waals surface area contributed by atoms with Crippen molar-refractivity contribution in [1.29, 1.82) is 0 Å². The summed E-state index contributed by atoms with van der Waals surface area (Å²) in [4.78, 5) is 60.3. The lowest BCUT2D eigenvalue weighted by Crippen LogP contribution is -2.36. The van der Waals surface area contributed by atoms with E-state index >= 15 is 0 Å². The second-order valence-corrected chi connectivity index (χ2v) is 7.01. The highest BCUT2D eigenvalue weighted by Crippen LogP contribution is 2.22. The monoisotopic (exact) mass is 428 g/mol. The fourth-order valence-electron chi connectivity index (χ4n) is 3.03. The van der Waals surface area contributed by atoms with E-state index in [4.69, 9.17) is 14.2 Å². The Hall–Kier alpha value is -2.25. The molecule has 30 heavy (non-hydrogen) atoms. The summed E-state index contributed by atoms with van der Waals surface area (Å²) in [6, 6.07) is 0. The lowest BCUT2D eigenvalue weighted by molar-refractivity contribution is -0.158. The van der Waals surface area contributed by atoms with Crippen LogP contribution in [0, 0.1) is 11.8 Å². The summed E-state index contributed by atoms with van der Waals surface area (Å²) in [6.45, 7) is 6.99. The van der Waals surface area contributed by atoms with Crippen molar-refractivity contribution in [3.63, 3.8) is 0 Å². The number of ether oxygens (including phenoxy) is 3. The van der Waals surface area contributed by atoms with E-state index in [1.807, 2.05) is 0 Å². The zero-order chi connectivity index (χ0) is 22.9. The predicted octanol–water partition coefficient (Wildman–Crippen LogP) is 3.19. The van der Waals surface area contributed by atoms with Crippen molar-refractivity contribution in [2.24, 2.45) is 11.8 Å². The normalized spacial score (nSPS) is 12.5. The lowest BCUT2D eigenvalue weighted by Gasteiger charge is -2.20. The second kappa shape index (κ2) is 16.5. The molecule has 2 unspecified atom stereocenters. The van der Waals surface area contributed by atoms with Crippen molar-refractivity contribution < 1.29 is 38.2 Å². The van der Waals surface area contributed by atoms with Gasteiger partial charge in [-0.1, -0.05) is 19.3 Å². The summed E-state index contributed by atoms with van der Waals surface area (Å²) in [5.74, 6) is -4.55. The molecule has 0 fully saturated rings. The van der Waals surface area contributed by atoms with Crippen LogP contribution >= 0.6 is 0 Å². The van der Waals surface area contributed by atoms with Gasteiger partial charge in [-0.25, -0.2) is 0 Å². The summed E-state index contributed by atoms with van der Waals surface area (Å²) in [5.41, 5.74) is 0. The van der Waals surface area contributed by atoms with Crippen molar-refractivity contribution in [2.75, 3.05) is 19.8 Å². The minimum Gasteiger partial charge on any atom is -0.466 e. The zero-order valence-electron chi connectivity index (χ0n) is 18.7. The maximum Gasteiger partial charge on any atom is 0.316 e. The fraction of sp³-hybridized carbons (Fsp3) is 0.773. The van der Waals surface area contributed by atoms with Crippen LogP contribution in [0.25, 0.3) is 0 Å². The predicted molar refractivity (Wildman–Crippen MR) is 110 cm³/mol. The molecule has 0 aliphatic rings. The van der Waals surface area contributed by atoms with Gasteiger partial charge in [-0.05, 0) is 47.0 Å². The van der Waals surface area contributed by atoms with Gasteiger partial charge in [-0.3, -0.25) is 19.2 Å². The number of carbonyl (C=O) groups is 5.